The number of carbonyl (C=O) groups excluding carboxylic acids is 1. The fourth-order valence-electron chi connectivity index (χ4n) is 4.85. The number of ether oxygens (including phenoxy) is 2. The van der Waals surface area contributed by atoms with E-state index in [1.807, 2.05) is 18.2 Å². The number of alkyl halides is 1. The van der Waals surface area contributed by atoms with Gasteiger partial charge in [-0.3, -0.25) is 4.79 Å². The quantitative estimate of drug-likeness (QED) is 0.815. The SMILES string of the molecule is CC12CCC(C(=O)NCc3ccc4c(c3)OCO4)(C1Br)C2(C)C. The van der Waals surface area contributed by atoms with Crippen molar-refractivity contribution in [1.29, 1.82) is 0 Å². The molecule has 3 unspecified atom stereocenters. The minimum Gasteiger partial charge on any atom is -0.454 e. The molecular weight excluding hydrogens is 358 g/mol. The maximum absolute atomic E-state index is 13.0. The van der Waals surface area contributed by atoms with Crippen molar-refractivity contribution in [3.05, 3.63) is 23.8 Å². The van der Waals surface area contributed by atoms with Crippen LogP contribution in [0.15, 0.2) is 18.2 Å². The topological polar surface area (TPSA) is 47.6 Å². The van der Waals surface area contributed by atoms with Crippen LogP contribution in [-0.4, -0.2) is 17.5 Å². The van der Waals surface area contributed by atoms with Crippen molar-refractivity contribution < 1.29 is 14.3 Å². The molecule has 5 rings (SSSR count). The summed E-state index contributed by atoms with van der Waals surface area (Å²) in [4.78, 5) is 13.2. The fraction of sp³-hybridized carbons (Fsp3) is 0.611. The Morgan fingerprint density at radius 1 is 1.26 bits per heavy atom. The van der Waals surface area contributed by atoms with Crippen molar-refractivity contribution in [1.82, 2.24) is 5.32 Å². The van der Waals surface area contributed by atoms with E-state index in [4.69, 9.17) is 9.47 Å². The van der Waals surface area contributed by atoms with E-state index in [1.165, 1.54) is 0 Å². The van der Waals surface area contributed by atoms with Crippen molar-refractivity contribution in [2.45, 2.75) is 45.0 Å². The van der Waals surface area contributed by atoms with Crippen LogP contribution in [0.4, 0.5) is 0 Å². The summed E-state index contributed by atoms with van der Waals surface area (Å²) in [5.74, 6) is 1.69. The lowest BCUT2D eigenvalue weighted by molar-refractivity contribution is -0.161. The van der Waals surface area contributed by atoms with Crippen LogP contribution in [0.3, 0.4) is 0 Å². The molecule has 3 aliphatic carbocycles. The van der Waals surface area contributed by atoms with Crippen molar-refractivity contribution in [3.8, 4) is 11.5 Å². The molecule has 1 aromatic rings. The first-order valence-electron chi connectivity index (χ1n) is 8.14. The molecule has 1 heterocycles. The summed E-state index contributed by atoms with van der Waals surface area (Å²) in [5.41, 5.74) is 0.969. The number of rotatable bonds is 3. The van der Waals surface area contributed by atoms with Gasteiger partial charge in [-0.2, -0.15) is 0 Å². The molecular formula is C18H22BrNO3. The normalized spacial score (nSPS) is 35.7. The average Bonchev–Trinajstić information content (AvgIpc) is 3.16. The standard InChI is InChI=1S/C18H22BrNO3/c1-16(2)17(3)6-7-18(16,14(17)19)15(21)20-9-11-4-5-12-13(8-11)23-10-22-12/h4-5,8,14H,6-7,9-10H2,1-3H3,(H,20,21). The number of carbonyl (C=O) groups is 1. The Kier molecular flexibility index (Phi) is 3.10. The summed E-state index contributed by atoms with van der Waals surface area (Å²) >= 11 is 3.81. The fourth-order valence-corrected chi connectivity index (χ4v) is 6.66. The van der Waals surface area contributed by atoms with Gasteiger partial charge in [0.25, 0.3) is 0 Å². The number of halogens is 1. The van der Waals surface area contributed by atoms with Gasteiger partial charge in [-0.15, -0.1) is 0 Å². The van der Waals surface area contributed by atoms with E-state index in [0.29, 0.717) is 6.54 Å². The summed E-state index contributed by atoms with van der Waals surface area (Å²) in [7, 11) is 0. The average molecular weight is 380 g/mol. The van der Waals surface area contributed by atoms with E-state index in [0.717, 1.165) is 29.9 Å². The number of benzene rings is 1. The summed E-state index contributed by atoms with van der Waals surface area (Å²) < 4.78 is 10.7. The Hall–Kier alpha value is -1.23. The smallest absolute Gasteiger partial charge is 0.231 e. The Morgan fingerprint density at radius 2 is 2.00 bits per heavy atom. The highest BCUT2D eigenvalue weighted by Gasteiger charge is 2.79. The Balaban J connectivity index is 1.49. The summed E-state index contributed by atoms with van der Waals surface area (Å²) in [6, 6.07) is 5.81. The molecule has 2 bridgehead atoms. The molecule has 0 aromatic heterocycles. The molecule has 4 aliphatic rings. The molecule has 1 aliphatic heterocycles. The minimum atomic E-state index is -0.294. The van der Waals surface area contributed by atoms with Crippen LogP contribution < -0.4 is 14.8 Å². The first-order valence-corrected chi connectivity index (χ1v) is 9.05. The molecule has 124 valence electrons. The van der Waals surface area contributed by atoms with Gasteiger partial charge in [-0.1, -0.05) is 42.8 Å². The molecule has 0 radical (unpaired) electrons. The van der Waals surface area contributed by atoms with Crippen LogP contribution in [0.2, 0.25) is 0 Å². The minimum absolute atomic E-state index is 0.0210. The molecule has 3 saturated carbocycles. The van der Waals surface area contributed by atoms with Crippen molar-refractivity contribution >= 4 is 21.8 Å². The lowest BCUT2D eigenvalue weighted by atomic mass is 9.43. The van der Waals surface area contributed by atoms with E-state index in [-0.39, 0.29) is 33.8 Å². The van der Waals surface area contributed by atoms with Crippen LogP contribution in [0.1, 0.15) is 39.2 Å². The Bertz CT molecular complexity index is 689. The zero-order chi connectivity index (χ0) is 16.5. The molecule has 0 saturated heterocycles. The highest BCUT2D eigenvalue weighted by atomic mass is 79.9. The maximum Gasteiger partial charge on any atom is 0.231 e. The first kappa shape index (κ1) is 15.3. The van der Waals surface area contributed by atoms with Crippen LogP contribution in [-0.2, 0) is 11.3 Å². The van der Waals surface area contributed by atoms with Gasteiger partial charge < -0.3 is 14.8 Å². The largest absolute Gasteiger partial charge is 0.454 e. The number of hydrogen-bond donors (Lipinski definition) is 1. The van der Waals surface area contributed by atoms with Crippen molar-refractivity contribution in [3.63, 3.8) is 0 Å². The van der Waals surface area contributed by atoms with Gasteiger partial charge in [0.1, 0.15) is 0 Å². The summed E-state index contributed by atoms with van der Waals surface area (Å²) in [6.07, 6.45) is 2.06. The Labute approximate surface area is 145 Å². The van der Waals surface area contributed by atoms with E-state index in [2.05, 4.69) is 42.0 Å². The monoisotopic (exact) mass is 379 g/mol. The zero-order valence-electron chi connectivity index (χ0n) is 13.7. The van der Waals surface area contributed by atoms with E-state index in [9.17, 15) is 4.79 Å². The Morgan fingerprint density at radius 3 is 2.65 bits per heavy atom. The second-order valence-corrected chi connectivity index (χ2v) is 8.66. The van der Waals surface area contributed by atoms with Gasteiger partial charge in [0.05, 0.1) is 5.41 Å². The molecule has 3 atom stereocenters. The number of amides is 1. The molecule has 0 spiro atoms. The third kappa shape index (κ3) is 1.69. The van der Waals surface area contributed by atoms with Crippen molar-refractivity contribution in [2.24, 2.45) is 16.2 Å². The maximum atomic E-state index is 13.0. The van der Waals surface area contributed by atoms with Gasteiger partial charge in [0.15, 0.2) is 11.5 Å². The number of nitrogens with one attached hydrogen (secondary N) is 1. The predicted molar refractivity (Wildman–Crippen MR) is 90.7 cm³/mol. The van der Waals surface area contributed by atoms with Crippen LogP contribution >= 0.6 is 15.9 Å². The molecule has 3 fully saturated rings. The second-order valence-electron chi connectivity index (χ2n) is 7.75. The molecule has 1 aromatic carbocycles. The van der Waals surface area contributed by atoms with Gasteiger partial charge in [0.2, 0.25) is 12.7 Å². The number of fused-ring (bicyclic) bond motifs is 2. The third-order valence-corrected chi connectivity index (χ3v) is 8.66. The highest BCUT2D eigenvalue weighted by molar-refractivity contribution is 9.09. The van der Waals surface area contributed by atoms with E-state index < -0.39 is 0 Å². The third-order valence-electron chi connectivity index (χ3n) is 6.87. The van der Waals surface area contributed by atoms with Gasteiger partial charge in [-0.05, 0) is 41.4 Å². The lowest BCUT2D eigenvalue weighted by Gasteiger charge is -2.64. The van der Waals surface area contributed by atoms with E-state index >= 15 is 0 Å². The van der Waals surface area contributed by atoms with Gasteiger partial charge in [-0.25, -0.2) is 0 Å². The molecule has 1 amide bonds. The molecule has 1 N–H and O–H groups in total. The number of hydrogen-bond acceptors (Lipinski definition) is 3. The molecule has 23 heavy (non-hydrogen) atoms. The molecule has 5 heteroatoms. The van der Waals surface area contributed by atoms with Crippen LogP contribution in [0, 0.1) is 16.2 Å². The van der Waals surface area contributed by atoms with Gasteiger partial charge >= 0.3 is 0 Å². The van der Waals surface area contributed by atoms with Gasteiger partial charge in [0, 0.05) is 11.4 Å². The van der Waals surface area contributed by atoms with Crippen LogP contribution in [0.25, 0.3) is 0 Å². The predicted octanol–water partition coefficient (Wildman–Crippen LogP) is 3.62. The summed E-state index contributed by atoms with van der Waals surface area (Å²) in [5, 5.41) is 3.15. The highest BCUT2D eigenvalue weighted by Crippen LogP contribution is 2.79. The molecule has 4 nitrogen and oxygen atoms in total. The van der Waals surface area contributed by atoms with Crippen LogP contribution in [0.5, 0.6) is 11.5 Å². The summed E-state index contributed by atoms with van der Waals surface area (Å²) in [6.45, 7) is 7.55. The van der Waals surface area contributed by atoms with Crippen molar-refractivity contribution in [2.75, 3.05) is 6.79 Å². The lowest BCUT2D eigenvalue weighted by Crippen LogP contribution is -2.69. The van der Waals surface area contributed by atoms with E-state index in [1.54, 1.807) is 0 Å². The second kappa shape index (κ2) is 4.65. The zero-order valence-corrected chi connectivity index (χ0v) is 15.3. The first-order chi connectivity index (χ1) is 10.8.